The van der Waals surface area contributed by atoms with Gasteiger partial charge in [0.25, 0.3) is 5.13 Å². The molecule has 0 radical (unpaired) electrons. The van der Waals surface area contributed by atoms with Crippen molar-refractivity contribution >= 4 is 33.1 Å². The molecule has 0 amide bonds. The van der Waals surface area contributed by atoms with Gasteiger partial charge in [0, 0.05) is 5.39 Å². The van der Waals surface area contributed by atoms with Crippen LogP contribution in [-0.4, -0.2) is 19.9 Å². The summed E-state index contributed by atoms with van der Waals surface area (Å²) in [4.78, 5) is 0. The Labute approximate surface area is 141 Å². The lowest BCUT2D eigenvalue weighted by molar-refractivity contribution is 0.429. The monoisotopic (exact) mass is 335 g/mol. The second-order valence-electron chi connectivity index (χ2n) is 5.18. The summed E-state index contributed by atoms with van der Waals surface area (Å²) in [5, 5.41) is 27.8. The highest BCUT2D eigenvalue weighted by molar-refractivity contribution is 7.13. The molecular formula is C17H13N5OS. The van der Waals surface area contributed by atoms with E-state index in [2.05, 4.69) is 20.4 Å². The SMILES string of the molecule is Oc1c(N=Nc2nncs2)c2ccccc2n1Cc1ccccc1. The zero-order valence-corrected chi connectivity index (χ0v) is 13.4. The topological polar surface area (TPSA) is 75.7 Å². The zero-order valence-electron chi connectivity index (χ0n) is 12.6. The summed E-state index contributed by atoms with van der Waals surface area (Å²) in [7, 11) is 0. The summed E-state index contributed by atoms with van der Waals surface area (Å²) in [6.07, 6.45) is 0. The maximum absolute atomic E-state index is 10.7. The molecular weight excluding hydrogens is 322 g/mol. The molecule has 6 nitrogen and oxygen atoms in total. The highest BCUT2D eigenvalue weighted by atomic mass is 32.1. The molecule has 2 aromatic carbocycles. The van der Waals surface area contributed by atoms with Crippen molar-refractivity contribution < 1.29 is 5.11 Å². The van der Waals surface area contributed by atoms with E-state index in [1.807, 2.05) is 59.2 Å². The van der Waals surface area contributed by atoms with Gasteiger partial charge in [-0.2, -0.15) is 0 Å². The molecule has 1 N–H and O–H groups in total. The van der Waals surface area contributed by atoms with E-state index in [9.17, 15) is 5.11 Å². The van der Waals surface area contributed by atoms with Crippen molar-refractivity contribution in [2.75, 3.05) is 0 Å². The second-order valence-corrected chi connectivity index (χ2v) is 5.99. The van der Waals surface area contributed by atoms with Gasteiger partial charge in [0.15, 0.2) is 5.69 Å². The third kappa shape index (κ3) is 2.65. The molecule has 0 atom stereocenters. The van der Waals surface area contributed by atoms with Crippen LogP contribution < -0.4 is 0 Å². The molecule has 0 saturated heterocycles. The number of hydrogen-bond donors (Lipinski definition) is 1. The maximum atomic E-state index is 10.7. The minimum Gasteiger partial charge on any atom is -0.493 e. The van der Waals surface area contributed by atoms with Crippen LogP contribution in [0, 0.1) is 0 Å². The first-order valence-electron chi connectivity index (χ1n) is 7.35. The van der Waals surface area contributed by atoms with Crippen molar-refractivity contribution in [2.45, 2.75) is 6.54 Å². The predicted octanol–water partition coefficient (Wildman–Crippen LogP) is 4.66. The lowest BCUT2D eigenvalue weighted by Crippen LogP contribution is -1.98. The van der Waals surface area contributed by atoms with Gasteiger partial charge in [-0.15, -0.1) is 20.4 Å². The molecule has 0 bridgehead atoms. The van der Waals surface area contributed by atoms with Crippen LogP contribution in [0.5, 0.6) is 5.88 Å². The van der Waals surface area contributed by atoms with Gasteiger partial charge in [-0.25, -0.2) is 0 Å². The summed E-state index contributed by atoms with van der Waals surface area (Å²) in [6, 6.07) is 17.7. The van der Waals surface area contributed by atoms with Crippen molar-refractivity contribution in [1.29, 1.82) is 0 Å². The lowest BCUT2D eigenvalue weighted by Gasteiger charge is -2.06. The van der Waals surface area contributed by atoms with Gasteiger partial charge >= 0.3 is 0 Å². The quantitative estimate of drug-likeness (QED) is 0.551. The minimum atomic E-state index is 0.0910. The summed E-state index contributed by atoms with van der Waals surface area (Å²) >= 11 is 1.29. The van der Waals surface area contributed by atoms with Crippen LogP contribution in [0.3, 0.4) is 0 Å². The number of para-hydroxylation sites is 1. The predicted molar refractivity (Wildman–Crippen MR) is 93.2 cm³/mol. The fourth-order valence-corrected chi connectivity index (χ4v) is 2.97. The van der Waals surface area contributed by atoms with Crippen LogP contribution >= 0.6 is 11.3 Å². The fraction of sp³-hybridized carbons (Fsp3) is 0.0588. The highest BCUT2D eigenvalue weighted by Gasteiger charge is 2.16. The van der Waals surface area contributed by atoms with Crippen molar-refractivity contribution in [3.8, 4) is 5.88 Å². The standard InChI is InChI=1S/C17H13N5OS/c23-16-15(19-21-17-20-18-11-24-17)13-8-4-5-9-14(13)22(16)10-12-6-2-1-3-7-12/h1-9,11,23H,10H2. The summed E-state index contributed by atoms with van der Waals surface area (Å²) in [6.45, 7) is 0.557. The lowest BCUT2D eigenvalue weighted by atomic mass is 10.2. The molecule has 0 fully saturated rings. The van der Waals surface area contributed by atoms with Crippen LogP contribution in [0.1, 0.15) is 5.56 Å². The van der Waals surface area contributed by atoms with Crippen molar-refractivity contribution in [1.82, 2.24) is 14.8 Å². The first-order chi connectivity index (χ1) is 11.8. The van der Waals surface area contributed by atoms with E-state index in [0.29, 0.717) is 17.4 Å². The van der Waals surface area contributed by atoms with E-state index in [4.69, 9.17) is 0 Å². The molecule has 4 aromatic rings. The molecule has 0 unspecified atom stereocenters. The smallest absolute Gasteiger partial charge is 0.251 e. The van der Waals surface area contributed by atoms with E-state index in [-0.39, 0.29) is 5.88 Å². The van der Waals surface area contributed by atoms with Gasteiger partial charge in [-0.3, -0.25) is 0 Å². The molecule has 0 saturated carbocycles. The average Bonchev–Trinajstić information content (AvgIpc) is 3.22. The van der Waals surface area contributed by atoms with Gasteiger partial charge in [-0.1, -0.05) is 59.9 Å². The molecule has 2 aromatic heterocycles. The Hall–Kier alpha value is -3.06. The maximum Gasteiger partial charge on any atom is 0.251 e. The number of aromatic hydroxyl groups is 1. The molecule has 0 aliphatic rings. The summed E-state index contributed by atoms with van der Waals surface area (Å²) in [5.41, 5.74) is 4.04. The Kier molecular flexibility index (Phi) is 3.76. The number of azo groups is 1. The molecule has 118 valence electrons. The van der Waals surface area contributed by atoms with Gasteiger partial charge in [0.05, 0.1) is 12.1 Å². The van der Waals surface area contributed by atoms with Gasteiger partial charge in [-0.05, 0) is 11.6 Å². The van der Waals surface area contributed by atoms with Crippen molar-refractivity contribution in [3.05, 3.63) is 65.7 Å². The van der Waals surface area contributed by atoms with Crippen LogP contribution in [0.15, 0.2) is 70.3 Å². The normalized spacial score (nSPS) is 11.5. The number of fused-ring (bicyclic) bond motifs is 1. The number of aromatic nitrogens is 3. The van der Waals surface area contributed by atoms with Gasteiger partial charge in [0.2, 0.25) is 5.88 Å². The van der Waals surface area contributed by atoms with E-state index in [1.165, 1.54) is 11.3 Å². The van der Waals surface area contributed by atoms with E-state index in [1.54, 1.807) is 5.51 Å². The Morgan fingerprint density at radius 1 is 1.00 bits per heavy atom. The average molecular weight is 335 g/mol. The largest absolute Gasteiger partial charge is 0.493 e. The summed E-state index contributed by atoms with van der Waals surface area (Å²) in [5.74, 6) is 0.0910. The van der Waals surface area contributed by atoms with E-state index < -0.39 is 0 Å². The Morgan fingerprint density at radius 3 is 2.58 bits per heavy atom. The number of benzene rings is 2. The first-order valence-corrected chi connectivity index (χ1v) is 8.23. The zero-order chi connectivity index (χ0) is 16.4. The molecule has 2 heterocycles. The van der Waals surface area contributed by atoms with E-state index in [0.717, 1.165) is 16.5 Å². The second kappa shape index (κ2) is 6.21. The van der Waals surface area contributed by atoms with E-state index >= 15 is 0 Å². The molecule has 7 heteroatoms. The number of nitrogens with zero attached hydrogens (tertiary/aromatic N) is 5. The minimum absolute atomic E-state index is 0.0910. The van der Waals surface area contributed by atoms with Crippen molar-refractivity contribution in [2.24, 2.45) is 10.2 Å². The molecule has 0 spiro atoms. The first kappa shape index (κ1) is 14.5. The van der Waals surface area contributed by atoms with Gasteiger partial charge < -0.3 is 9.67 Å². The number of rotatable bonds is 4. The number of hydrogen-bond acceptors (Lipinski definition) is 6. The third-order valence-electron chi connectivity index (χ3n) is 3.69. The van der Waals surface area contributed by atoms with Crippen LogP contribution in [0.25, 0.3) is 10.9 Å². The molecule has 24 heavy (non-hydrogen) atoms. The fourth-order valence-electron chi connectivity index (χ4n) is 2.60. The summed E-state index contributed by atoms with van der Waals surface area (Å²) < 4.78 is 1.83. The Morgan fingerprint density at radius 2 is 1.79 bits per heavy atom. The van der Waals surface area contributed by atoms with Crippen LogP contribution in [0.2, 0.25) is 0 Å². The third-order valence-corrected chi connectivity index (χ3v) is 4.26. The molecule has 0 aliphatic carbocycles. The molecule has 4 rings (SSSR count). The highest BCUT2D eigenvalue weighted by Crippen LogP contribution is 2.39. The Balaban J connectivity index is 1.81. The molecule has 0 aliphatic heterocycles. The van der Waals surface area contributed by atoms with Crippen LogP contribution in [0.4, 0.5) is 10.8 Å². The van der Waals surface area contributed by atoms with Gasteiger partial charge in [0.1, 0.15) is 5.51 Å². The van der Waals surface area contributed by atoms with Crippen molar-refractivity contribution in [3.63, 3.8) is 0 Å². The Bertz CT molecular complexity index is 993. The van der Waals surface area contributed by atoms with Crippen LogP contribution in [-0.2, 0) is 6.54 Å².